The minimum atomic E-state index is -4.41. The first-order chi connectivity index (χ1) is 16.7. The summed E-state index contributed by atoms with van der Waals surface area (Å²) in [7, 11) is -4.41. The number of benzene rings is 1. The van der Waals surface area contributed by atoms with Crippen molar-refractivity contribution in [3.05, 3.63) is 41.2 Å². The van der Waals surface area contributed by atoms with Crippen LogP contribution in [0.15, 0.2) is 24.3 Å². The van der Waals surface area contributed by atoms with Gasteiger partial charge in [-0.25, -0.2) is 0 Å². The minimum absolute atomic E-state index is 0.0494. The lowest BCUT2D eigenvalue weighted by Gasteiger charge is -2.16. The van der Waals surface area contributed by atoms with Gasteiger partial charge < -0.3 is 34.8 Å². The van der Waals surface area contributed by atoms with E-state index in [1.54, 1.807) is 0 Å². The molecule has 1 unspecified atom stereocenters. The summed E-state index contributed by atoms with van der Waals surface area (Å²) in [6, 6.07) is 9.88. The summed E-state index contributed by atoms with van der Waals surface area (Å²) in [5, 5.41) is 41.9. The fourth-order valence-electron chi connectivity index (χ4n) is 4.38. The first-order valence-electron chi connectivity index (χ1n) is 10.8. The number of fused-ring (bicyclic) bond motifs is 2. The smallest absolute Gasteiger partial charge is 0.350 e. The van der Waals surface area contributed by atoms with Crippen LogP contribution in [0.1, 0.15) is 35.6 Å². The third kappa shape index (κ3) is 4.63. The van der Waals surface area contributed by atoms with E-state index in [-0.39, 0.29) is 29.6 Å². The van der Waals surface area contributed by atoms with Crippen LogP contribution in [-0.2, 0) is 20.5 Å². The third-order valence-electron chi connectivity index (χ3n) is 5.99. The second-order valence-electron chi connectivity index (χ2n) is 8.36. The van der Waals surface area contributed by atoms with E-state index >= 15 is 0 Å². The third-order valence-corrected chi connectivity index (χ3v) is 6.51. The highest BCUT2D eigenvalue weighted by molar-refractivity contribution is 7.51. The number of nitrogens with zero attached hydrogens (tertiary/aromatic N) is 6. The molecule has 1 aliphatic heterocycles. The van der Waals surface area contributed by atoms with Crippen molar-refractivity contribution < 1.29 is 34.0 Å². The van der Waals surface area contributed by atoms with Crippen molar-refractivity contribution in [2.45, 2.75) is 43.4 Å². The molecule has 0 amide bonds. The molecule has 3 heterocycles. The Hall–Kier alpha value is -3.02. The van der Waals surface area contributed by atoms with E-state index in [0.29, 0.717) is 5.82 Å². The summed E-state index contributed by atoms with van der Waals surface area (Å²) < 4.78 is 22.7. The molecular formula is C20H22N7O7P. The average molecular weight is 503 g/mol. The molecule has 0 saturated carbocycles. The second-order valence-corrected chi connectivity index (χ2v) is 9.95. The quantitative estimate of drug-likeness (QED) is 0.268. The summed E-state index contributed by atoms with van der Waals surface area (Å²) in [6.07, 6.45) is -4.36. The van der Waals surface area contributed by atoms with E-state index < -0.39 is 38.5 Å². The number of nitrogens with one attached hydrogen (secondary N) is 1. The van der Waals surface area contributed by atoms with Gasteiger partial charge in [-0.15, -0.1) is 5.10 Å². The van der Waals surface area contributed by atoms with Crippen molar-refractivity contribution in [1.29, 1.82) is 5.26 Å². The number of anilines is 1. The van der Waals surface area contributed by atoms with Crippen molar-refractivity contribution in [3.63, 3.8) is 0 Å². The molecule has 1 saturated heterocycles. The van der Waals surface area contributed by atoms with Gasteiger partial charge in [-0.2, -0.15) is 19.9 Å². The zero-order valence-electron chi connectivity index (χ0n) is 18.2. The Morgan fingerprint density at radius 2 is 2.06 bits per heavy atom. The molecular weight excluding hydrogens is 481 g/mol. The maximum atomic E-state index is 11.0. The van der Waals surface area contributed by atoms with E-state index in [1.165, 1.54) is 5.56 Å². The van der Waals surface area contributed by atoms with Gasteiger partial charge in [0.2, 0.25) is 5.82 Å². The van der Waals surface area contributed by atoms with Gasteiger partial charge in [0, 0.05) is 0 Å². The van der Waals surface area contributed by atoms with Crippen molar-refractivity contribution in [2.75, 3.05) is 18.3 Å². The standard InChI is InChI=1S/C20H22N7O7P/c21-7-14-23-18(22-12-6-5-10-3-1-2-4-11(10)12)15-19(24-14)27(26-25-15)20-17(29)16(28)13(34-20)8-33-9-35(30,31)32/h1-4,12-13,16-17,20,28-29H,5-6,8-9H2,(H,22,23,24)(H2,30,31,32)/t12?,13-,16-,17-,20-/m1/s1. The second kappa shape index (κ2) is 9.21. The number of rotatable bonds is 7. The molecule has 14 nitrogen and oxygen atoms in total. The normalized spacial score (nSPS) is 26.1. The average Bonchev–Trinajstić information content (AvgIpc) is 3.51. The molecule has 5 atom stereocenters. The molecule has 35 heavy (non-hydrogen) atoms. The fourth-order valence-corrected chi connectivity index (χ4v) is 4.72. The molecule has 2 aliphatic rings. The minimum Gasteiger partial charge on any atom is -0.387 e. The van der Waals surface area contributed by atoms with Crippen molar-refractivity contribution in [3.8, 4) is 6.07 Å². The molecule has 5 rings (SSSR count). The van der Waals surface area contributed by atoms with Crippen LogP contribution in [0.3, 0.4) is 0 Å². The fraction of sp³-hybridized carbons (Fsp3) is 0.450. The van der Waals surface area contributed by atoms with Gasteiger partial charge >= 0.3 is 7.60 Å². The van der Waals surface area contributed by atoms with Crippen LogP contribution in [0, 0.1) is 11.3 Å². The molecule has 2 aromatic heterocycles. The number of aliphatic hydroxyl groups is 2. The molecule has 5 N–H and O–H groups in total. The maximum Gasteiger partial charge on any atom is 0.350 e. The Bertz CT molecular complexity index is 1340. The lowest BCUT2D eigenvalue weighted by Crippen LogP contribution is -2.34. The van der Waals surface area contributed by atoms with Gasteiger partial charge in [0.15, 0.2) is 23.2 Å². The molecule has 1 fully saturated rings. The van der Waals surface area contributed by atoms with Crippen LogP contribution in [0.5, 0.6) is 0 Å². The topological polar surface area (TPSA) is 209 Å². The van der Waals surface area contributed by atoms with Crippen LogP contribution < -0.4 is 5.32 Å². The predicted octanol–water partition coefficient (Wildman–Crippen LogP) is -0.0366. The van der Waals surface area contributed by atoms with Gasteiger partial charge in [-0.3, -0.25) is 4.57 Å². The lowest BCUT2D eigenvalue weighted by molar-refractivity contribution is -0.0665. The molecule has 3 aromatic rings. The summed E-state index contributed by atoms with van der Waals surface area (Å²) >= 11 is 0. The van der Waals surface area contributed by atoms with Gasteiger partial charge in [-0.05, 0) is 24.0 Å². The predicted molar refractivity (Wildman–Crippen MR) is 118 cm³/mol. The highest BCUT2D eigenvalue weighted by atomic mass is 31.2. The number of hydrogen-bond acceptors (Lipinski definition) is 11. The van der Waals surface area contributed by atoms with Crippen LogP contribution in [0.25, 0.3) is 11.2 Å². The van der Waals surface area contributed by atoms with E-state index in [1.807, 2.05) is 24.3 Å². The van der Waals surface area contributed by atoms with Gasteiger partial charge in [0.1, 0.15) is 30.7 Å². The van der Waals surface area contributed by atoms with E-state index in [2.05, 4.69) is 31.7 Å². The molecule has 184 valence electrons. The zero-order chi connectivity index (χ0) is 24.7. The molecule has 1 aliphatic carbocycles. The maximum absolute atomic E-state index is 11.0. The number of aryl methyl sites for hydroxylation is 1. The number of aromatic nitrogens is 5. The van der Waals surface area contributed by atoms with Gasteiger partial charge in [-0.1, -0.05) is 29.5 Å². The molecule has 0 bridgehead atoms. The Kier molecular flexibility index (Phi) is 6.24. The number of hydrogen-bond donors (Lipinski definition) is 5. The number of nitriles is 1. The van der Waals surface area contributed by atoms with Crippen molar-refractivity contribution >= 4 is 24.6 Å². The van der Waals surface area contributed by atoms with Crippen LogP contribution in [0.2, 0.25) is 0 Å². The van der Waals surface area contributed by atoms with Crippen LogP contribution >= 0.6 is 7.60 Å². The van der Waals surface area contributed by atoms with Gasteiger partial charge in [0.05, 0.1) is 12.6 Å². The highest BCUT2D eigenvalue weighted by Gasteiger charge is 2.45. The SMILES string of the molecule is N#Cc1nc(NC2CCc3ccccc32)c2nnn([C@@H]3O[C@H](COCP(=O)(O)O)[C@@H](O)[C@H]3O)c2n1. The first-order valence-corrected chi connectivity index (χ1v) is 12.6. The highest BCUT2D eigenvalue weighted by Crippen LogP contribution is 2.37. The van der Waals surface area contributed by atoms with Crippen LogP contribution in [0.4, 0.5) is 5.82 Å². The summed E-state index contributed by atoms with van der Waals surface area (Å²) in [5.41, 5.74) is 2.71. The van der Waals surface area contributed by atoms with E-state index in [0.717, 1.165) is 23.1 Å². The Morgan fingerprint density at radius 3 is 2.83 bits per heavy atom. The number of aliphatic hydroxyl groups excluding tert-OH is 2. The first kappa shape index (κ1) is 23.7. The summed E-state index contributed by atoms with van der Waals surface area (Å²) in [5.74, 6) is 0.151. The van der Waals surface area contributed by atoms with E-state index in [9.17, 15) is 20.0 Å². The monoisotopic (exact) mass is 503 g/mol. The zero-order valence-corrected chi connectivity index (χ0v) is 19.1. The van der Waals surface area contributed by atoms with Crippen molar-refractivity contribution in [1.82, 2.24) is 25.0 Å². The summed E-state index contributed by atoms with van der Waals surface area (Å²) in [4.78, 5) is 26.3. The molecule has 0 spiro atoms. The molecule has 0 radical (unpaired) electrons. The number of ether oxygens (including phenoxy) is 2. The molecule has 15 heteroatoms. The largest absolute Gasteiger partial charge is 0.387 e. The Labute approximate surface area is 198 Å². The van der Waals surface area contributed by atoms with Crippen molar-refractivity contribution in [2.24, 2.45) is 0 Å². The van der Waals surface area contributed by atoms with Crippen LogP contribution in [-0.4, -0.2) is 76.2 Å². The lowest BCUT2D eigenvalue weighted by atomic mass is 10.1. The summed E-state index contributed by atoms with van der Waals surface area (Å²) in [6.45, 7) is -0.376. The Balaban J connectivity index is 1.42. The molecule has 1 aromatic carbocycles. The van der Waals surface area contributed by atoms with Gasteiger partial charge in [0.25, 0.3) is 0 Å². The Morgan fingerprint density at radius 1 is 1.26 bits per heavy atom. The van der Waals surface area contributed by atoms with E-state index in [4.69, 9.17) is 19.3 Å².